The lowest BCUT2D eigenvalue weighted by Gasteiger charge is -2.22. The zero-order valence-electron chi connectivity index (χ0n) is 11.1. The van der Waals surface area contributed by atoms with E-state index < -0.39 is 5.91 Å². The molecule has 1 amide bonds. The maximum atomic E-state index is 11.2. The van der Waals surface area contributed by atoms with Gasteiger partial charge in [-0.1, -0.05) is 26.0 Å². The highest BCUT2D eigenvalue weighted by molar-refractivity contribution is 5.95. The largest absolute Gasteiger partial charge is 0.493 e. The van der Waals surface area contributed by atoms with Gasteiger partial charge in [0.1, 0.15) is 5.75 Å². The molecule has 4 N–H and O–H groups in total. The summed E-state index contributed by atoms with van der Waals surface area (Å²) >= 11 is 0. The van der Waals surface area contributed by atoms with E-state index in [1.54, 1.807) is 18.2 Å². The molecule has 0 spiro atoms. The smallest absolute Gasteiger partial charge is 0.252 e. The number of para-hydroxylation sites is 1. The molecule has 0 aromatic heterocycles. The summed E-state index contributed by atoms with van der Waals surface area (Å²) in [6, 6.07) is 7.02. The van der Waals surface area contributed by atoms with Crippen LogP contribution in [0.4, 0.5) is 0 Å². The Morgan fingerprint density at radius 3 is 2.61 bits per heavy atom. The molecule has 4 heteroatoms. The van der Waals surface area contributed by atoms with Gasteiger partial charge in [0.15, 0.2) is 0 Å². The minimum Gasteiger partial charge on any atom is -0.493 e. The number of primary amides is 1. The third-order valence-electron chi connectivity index (χ3n) is 2.96. The standard InChI is InChI=1S/C14H22N2O2/c1-14(2,10-15)8-5-9-18-12-7-4-3-6-11(12)13(16)17/h3-4,6-7H,5,8-10,15H2,1-2H3,(H2,16,17). The highest BCUT2D eigenvalue weighted by Crippen LogP contribution is 2.21. The van der Waals surface area contributed by atoms with Gasteiger partial charge in [-0.05, 0) is 36.9 Å². The average molecular weight is 250 g/mol. The first-order chi connectivity index (χ1) is 8.46. The molecule has 0 radical (unpaired) electrons. The van der Waals surface area contributed by atoms with Gasteiger partial charge in [0.05, 0.1) is 12.2 Å². The second kappa shape index (κ2) is 6.40. The molecule has 0 aliphatic carbocycles. The number of amides is 1. The van der Waals surface area contributed by atoms with Gasteiger partial charge in [0.2, 0.25) is 0 Å². The van der Waals surface area contributed by atoms with Crippen LogP contribution < -0.4 is 16.2 Å². The molecule has 0 aliphatic rings. The van der Waals surface area contributed by atoms with E-state index in [1.165, 1.54) is 0 Å². The number of hydrogen-bond acceptors (Lipinski definition) is 3. The molecule has 0 heterocycles. The SMILES string of the molecule is CC(C)(CN)CCCOc1ccccc1C(N)=O. The van der Waals surface area contributed by atoms with Gasteiger partial charge in [-0.3, -0.25) is 4.79 Å². The summed E-state index contributed by atoms with van der Waals surface area (Å²) in [6.45, 7) is 5.48. The zero-order valence-corrected chi connectivity index (χ0v) is 11.1. The minimum atomic E-state index is -0.465. The van der Waals surface area contributed by atoms with Crippen LogP contribution in [0.25, 0.3) is 0 Å². The third-order valence-corrected chi connectivity index (χ3v) is 2.96. The van der Waals surface area contributed by atoms with Crippen molar-refractivity contribution in [3.05, 3.63) is 29.8 Å². The van der Waals surface area contributed by atoms with Crippen LogP contribution in [0.3, 0.4) is 0 Å². The summed E-state index contributed by atoms with van der Waals surface area (Å²) in [5.41, 5.74) is 11.5. The molecule has 0 aliphatic heterocycles. The lowest BCUT2D eigenvalue weighted by molar-refractivity contribution is 0.0996. The van der Waals surface area contributed by atoms with Crippen LogP contribution in [0.1, 0.15) is 37.0 Å². The van der Waals surface area contributed by atoms with Crippen molar-refractivity contribution in [3.63, 3.8) is 0 Å². The van der Waals surface area contributed by atoms with Crippen LogP contribution in [0.5, 0.6) is 5.75 Å². The van der Waals surface area contributed by atoms with Crippen LogP contribution in [-0.2, 0) is 0 Å². The third kappa shape index (κ3) is 4.37. The van der Waals surface area contributed by atoms with Crippen LogP contribution in [0.15, 0.2) is 24.3 Å². The summed E-state index contributed by atoms with van der Waals surface area (Å²) in [7, 11) is 0. The summed E-state index contributed by atoms with van der Waals surface area (Å²) in [5, 5.41) is 0. The van der Waals surface area contributed by atoms with E-state index in [1.807, 2.05) is 6.07 Å². The number of ether oxygens (including phenoxy) is 1. The summed E-state index contributed by atoms with van der Waals surface area (Å²) in [6.07, 6.45) is 1.89. The number of benzene rings is 1. The van der Waals surface area contributed by atoms with Crippen molar-refractivity contribution < 1.29 is 9.53 Å². The maximum Gasteiger partial charge on any atom is 0.252 e. The number of carbonyl (C=O) groups is 1. The van der Waals surface area contributed by atoms with Crippen LogP contribution >= 0.6 is 0 Å². The number of hydrogen-bond donors (Lipinski definition) is 2. The Labute approximate surface area is 108 Å². The topological polar surface area (TPSA) is 78.3 Å². The fourth-order valence-electron chi connectivity index (χ4n) is 1.63. The normalized spacial score (nSPS) is 11.3. The Hall–Kier alpha value is -1.55. The molecular formula is C14H22N2O2. The van der Waals surface area contributed by atoms with Crippen molar-refractivity contribution in [2.75, 3.05) is 13.2 Å². The fourth-order valence-corrected chi connectivity index (χ4v) is 1.63. The lowest BCUT2D eigenvalue weighted by Crippen LogP contribution is -2.24. The van der Waals surface area contributed by atoms with Gasteiger partial charge in [-0.2, -0.15) is 0 Å². The van der Waals surface area contributed by atoms with Crippen LogP contribution in [-0.4, -0.2) is 19.1 Å². The molecule has 0 fully saturated rings. The van der Waals surface area contributed by atoms with Gasteiger partial charge in [-0.15, -0.1) is 0 Å². The van der Waals surface area contributed by atoms with Crippen LogP contribution in [0, 0.1) is 5.41 Å². The molecule has 0 unspecified atom stereocenters. The van der Waals surface area contributed by atoms with E-state index in [0.29, 0.717) is 24.5 Å². The highest BCUT2D eigenvalue weighted by atomic mass is 16.5. The van der Waals surface area contributed by atoms with E-state index in [2.05, 4.69) is 13.8 Å². The number of carbonyl (C=O) groups excluding carboxylic acids is 1. The fraction of sp³-hybridized carbons (Fsp3) is 0.500. The molecule has 0 saturated heterocycles. The molecule has 0 atom stereocenters. The monoisotopic (exact) mass is 250 g/mol. The van der Waals surface area contributed by atoms with Crippen molar-refractivity contribution in [3.8, 4) is 5.75 Å². The minimum absolute atomic E-state index is 0.132. The van der Waals surface area contributed by atoms with Crippen molar-refractivity contribution in [2.45, 2.75) is 26.7 Å². The Bertz CT molecular complexity index is 403. The van der Waals surface area contributed by atoms with E-state index in [-0.39, 0.29) is 5.41 Å². The predicted octanol–water partition coefficient (Wildman–Crippen LogP) is 1.93. The van der Waals surface area contributed by atoms with E-state index >= 15 is 0 Å². The first kappa shape index (κ1) is 14.5. The molecular weight excluding hydrogens is 228 g/mol. The van der Waals surface area contributed by atoms with E-state index in [0.717, 1.165) is 12.8 Å². The summed E-state index contributed by atoms with van der Waals surface area (Å²) in [4.78, 5) is 11.2. The average Bonchev–Trinajstić information content (AvgIpc) is 2.35. The molecule has 0 saturated carbocycles. The Kier molecular flexibility index (Phi) is 5.16. The first-order valence-corrected chi connectivity index (χ1v) is 6.18. The van der Waals surface area contributed by atoms with E-state index in [9.17, 15) is 4.79 Å². The first-order valence-electron chi connectivity index (χ1n) is 6.18. The molecule has 1 rings (SSSR count). The second-order valence-electron chi connectivity index (χ2n) is 5.18. The Morgan fingerprint density at radius 2 is 2.00 bits per heavy atom. The summed E-state index contributed by atoms with van der Waals surface area (Å²) in [5.74, 6) is 0.0865. The quantitative estimate of drug-likeness (QED) is 0.726. The zero-order chi connectivity index (χ0) is 13.6. The van der Waals surface area contributed by atoms with Gasteiger partial charge in [-0.25, -0.2) is 0 Å². The Balaban J connectivity index is 2.47. The van der Waals surface area contributed by atoms with Crippen molar-refractivity contribution in [1.29, 1.82) is 0 Å². The lowest BCUT2D eigenvalue weighted by atomic mass is 9.88. The van der Waals surface area contributed by atoms with E-state index in [4.69, 9.17) is 16.2 Å². The molecule has 0 bridgehead atoms. The predicted molar refractivity (Wildman–Crippen MR) is 72.5 cm³/mol. The molecule has 1 aromatic rings. The molecule has 1 aromatic carbocycles. The van der Waals surface area contributed by atoms with Gasteiger partial charge >= 0.3 is 0 Å². The second-order valence-corrected chi connectivity index (χ2v) is 5.18. The van der Waals surface area contributed by atoms with Crippen molar-refractivity contribution in [2.24, 2.45) is 16.9 Å². The van der Waals surface area contributed by atoms with Gasteiger partial charge in [0.25, 0.3) is 5.91 Å². The molecule has 100 valence electrons. The number of nitrogens with two attached hydrogens (primary N) is 2. The Morgan fingerprint density at radius 1 is 1.33 bits per heavy atom. The summed E-state index contributed by atoms with van der Waals surface area (Å²) < 4.78 is 5.60. The molecule has 4 nitrogen and oxygen atoms in total. The molecule has 18 heavy (non-hydrogen) atoms. The number of rotatable bonds is 7. The maximum absolute atomic E-state index is 11.2. The van der Waals surface area contributed by atoms with Crippen molar-refractivity contribution >= 4 is 5.91 Å². The van der Waals surface area contributed by atoms with Crippen molar-refractivity contribution in [1.82, 2.24) is 0 Å². The highest BCUT2D eigenvalue weighted by Gasteiger charge is 2.15. The van der Waals surface area contributed by atoms with Gasteiger partial charge < -0.3 is 16.2 Å². The van der Waals surface area contributed by atoms with Gasteiger partial charge in [0, 0.05) is 0 Å². The van der Waals surface area contributed by atoms with Crippen LogP contribution in [0.2, 0.25) is 0 Å².